The highest BCUT2D eigenvalue weighted by Gasteiger charge is 2.19. The van der Waals surface area contributed by atoms with E-state index < -0.39 is 0 Å². The maximum absolute atomic E-state index is 13.7. The second kappa shape index (κ2) is 6.95. The van der Waals surface area contributed by atoms with E-state index in [9.17, 15) is 9.18 Å². The van der Waals surface area contributed by atoms with Crippen molar-refractivity contribution >= 4 is 16.8 Å². The van der Waals surface area contributed by atoms with Crippen molar-refractivity contribution in [3.8, 4) is 11.5 Å². The normalized spacial score (nSPS) is 12.6. The van der Waals surface area contributed by atoms with Gasteiger partial charge in [0.15, 0.2) is 11.5 Å². The Morgan fingerprint density at radius 1 is 1.19 bits per heavy atom. The summed E-state index contributed by atoms with van der Waals surface area (Å²) in [7, 11) is 0. The minimum absolute atomic E-state index is 0.00317. The minimum Gasteiger partial charge on any atom is -0.454 e. The molecule has 4 rings (SSSR count). The number of nitrogens with zero attached hydrogens (tertiary/aromatic N) is 1. The highest BCUT2D eigenvalue weighted by molar-refractivity contribution is 5.90. The Morgan fingerprint density at radius 3 is 2.81 bits per heavy atom. The first kappa shape index (κ1) is 17.4. The number of halogens is 1. The fourth-order valence-electron chi connectivity index (χ4n) is 3.48. The molecule has 0 fully saturated rings. The topological polar surface area (TPSA) is 54.6 Å². The molecule has 1 aliphatic heterocycles. The maximum Gasteiger partial charge on any atom is 0.231 e. The molecule has 0 bridgehead atoms. The van der Waals surface area contributed by atoms with Crippen LogP contribution in [0.3, 0.4) is 0 Å². The number of hydrogen-bond donors (Lipinski definition) is 1. The minimum atomic E-state index is -0.303. The third-order valence-electron chi connectivity index (χ3n) is 4.95. The Morgan fingerprint density at radius 2 is 2.00 bits per heavy atom. The van der Waals surface area contributed by atoms with Crippen molar-refractivity contribution in [2.75, 3.05) is 13.3 Å². The van der Waals surface area contributed by atoms with Crippen molar-refractivity contribution in [2.24, 2.45) is 0 Å². The van der Waals surface area contributed by atoms with Crippen LogP contribution in [0.25, 0.3) is 10.9 Å². The standard InChI is InChI=1S/C21H21FN2O3/c1-3-24(11-14-4-7-19-20(8-14)27-12-26-19)21(25)10-16-13(2)23-18-6-5-15(22)9-17(16)18/h4-9,23H,3,10-12H2,1-2H3. The van der Waals surface area contributed by atoms with Crippen molar-refractivity contribution in [3.05, 3.63) is 59.0 Å². The number of amides is 1. The van der Waals surface area contributed by atoms with E-state index in [1.165, 1.54) is 12.1 Å². The predicted octanol–water partition coefficient (Wildman–Crippen LogP) is 3.94. The van der Waals surface area contributed by atoms with E-state index in [0.717, 1.165) is 33.5 Å². The number of rotatable bonds is 5. The van der Waals surface area contributed by atoms with Crippen LogP contribution in [0.15, 0.2) is 36.4 Å². The number of fused-ring (bicyclic) bond motifs is 2. The summed E-state index contributed by atoms with van der Waals surface area (Å²) in [5, 5.41) is 0.764. The van der Waals surface area contributed by atoms with Crippen LogP contribution in [-0.2, 0) is 17.8 Å². The quantitative estimate of drug-likeness (QED) is 0.742. The van der Waals surface area contributed by atoms with Crippen LogP contribution in [0.2, 0.25) is 0 Å². The second-order valence-electron chi connectivity index (χ2n) is 6.69. The van der Waals surface area contributed by atoms with Crippen molar-refractivity contribution < 1.29 is 18.7 Å². The third kappa shape index (κ3) is 3.35. The van der Waals surface area contributed by atoms with Crippen molar-refractivity contribution in [1.29, 1.82) is 0 Å². The van der Waals surface area contributed by atoms with Crippen LogP contribution in [0, 0.1) is 12.7 Å². The molecule has 1 N–H and O–H groups in total. The molecule has 5 nitrogen and oxygen atoms in total. The third-order valence-corrected chi connectivity index (χ3v) is 4.95. The first-order chi connectivity index (χ1) is 13.0. The van der Waals surface area contributed by atoms with Gasteiger partial charge in [0.25, 0.3) is 0 Å². The first-order valence-electron chi connectivity index (χ1n) is 8.98. The van der Waals surface area contributed by atoms with Gasteiger partial charge in [0.1, 0.15) is 5.82 Å². The number of ether oxygens (including phenoxy) is 2. The molecule has 1 aromatic heterocycles. The number of hydrogen-bond acceptors (Lipinski definition) is 3. The zero-order valence-electron chi connectivity index (χ0n) is 15.3. The Kier molecular flexibility index (Phi) is 4.48. The number of nitrogens with one attached hydrogen (secondary N) is 1. The Balaban J connectivity index is 1.54. The molecule has 0 saturated carbocycles. The molecule has 0 atom stereocenters. The van der Waals surface area contributed by atoms with E-state index >= 15 is 0 Å². The fourth-order valence-corrected chi connectivity index (χ4v) is 3.48. The molecule has 140 valence electrons. The highest BCUT2D eigenvalue weighted by atomic mass is 19.1. The van der Waals surface area contributed by atoms with Gasteiger partial charge in [-0.2, -0.15) is 0 Å². The van der Waals surface area contributed by atoms with Gasteiger partial charge in [-0.1, -0.05) is 6.07 Å². The van der Waals surface area contributed by atoms with E-state index in [-0.39, 0.29) is 24.9 Å². The van der Waals surface area contributed by atoms with Crippen LogP contribution >= 0.6 is 0 Å². The van der Waals surface area contributed by atoms with E-state index in [2.05, 4.69) is 4.98 Å². The number of likely N-dealkylation sites (N-methyl/N-ethyl adjacent to an activating group) is 1. The Hall–Kier alpha value is -3.02. The van der Waals surface area contributed by atoms with Gasteiger partial charge in [-0.25, -0.2) is 4.39 Å². The van der Waals surface area contributed by atoms with Crippen molar-refractivity contribution in [1.82, 2.24) is 9.88 Å². The zero-order valence-corrected chi connectivity index (χ0v) is 15.3. The van der Waals surface area contributed by atoms with Crippen molar-refractivity contribution in [3.63, 3.8) is 0 Å². The van der Waals surface area contributed by atoms with Crippen LogP contribution in [-0.4, -0.2) is 29.1 Å². The van der Waals surface area contributed by atoms with Crippen molar-refractivity contribution in [2.45, 2.75) is 26.8 Å². The second-order valence-corrected chi connectivity index (χ2v) is 6.69. The molecule has 2 heterocycles. The van der Waals surface area contributed by atoms with Gasteiger partial charge in [0.05, 0.1) is 6.42 Å². The lowest BCUT2D eigenvalue weighted by atomic mass is 10.1. The zero-order chi connectivity index (χ0) is 19.0. The summed E-state index contributed by atoms with van der Waals surface area (Å²) in [4.78, 5) is 17.9. The highest BCUT2D eigenvalue weighted by Crippen LogP contribution is 2.33. The molecule has 0 saturated heterocycles. The molecular formula is C21H21FN2O3. The summed E-state index contributed by atoms with van der Waals surface area (Å²) in [6, 6.07) is 10.3. The lowest BCUT2D eigenvalue weighted by molar-refractivity contribution is -0.130. The van der Waals surface area contributed by atoms with Crippen LogP contribution in [0.1, 0.15) is 23.7 Å². The molecule has 27 heavy (non-hydrogen) atoms. The smallest absolute Gasteiger partial charge is 0.231 e. The SMILES string of the molecule is CCN(Cc1ccc2c(c1)OCO2)C(=O)Cc1c(C)[nH]c2ccc(F)cc12. The number of aromatic nitrogens is 1. The molecule has 0 spiro atoms. The molecule has 0 aliphatic carbocycles. The molecule has 3 aromatic rings. The molecule has 0 radical (unpaired) electrons. The summed E-state index contributed by atoms with van der Waals surface area (Å²) in [6.45, 7) is 5.16. The van der Waals surface area contributed by atoms with Gasteiger partial charge in [-0.05, 0) is 55.3 Å². The molecule has 1 aliphatic rings. The van der Waals surface area contributed by atoms with Gasteiger partial charge in [-0.15, -0.1) is 0 Å². The first-order valence-corrected chi connectivity index (χ1v) is 8.98. The van der Waals surface area contributed by atoms with Gasteiger partial charge < -0.3 is 19.4 Å². The summed E-state index contributed by atoms with van der Waals surface area (Å²) >= 11 is 0. The summed E-state index contributed by atoms with van der Waals surface area (Å²) in [6.07, 6.45) is 0.230. The monoisotopic (exact) mass is 368 g/mol. The lowest BCUT2D eigenvalue weighted by Crippen LogP contribution is -2.31. The number of carbonyl (C=O) groups excluding carboxylic acids is 1. The number of aromatic amines is 1. The van der Waals surface area contributed by atoms with Gasteiger partial charge in [0.2, 0.25) is 12.7 Å². The summed E-state index contributed by atoms with van der Waals surface area (Å²) < 4.78 is 24.4. The summed E-state index contributed by atoms with van der Waals surface area (Å²) in [5.41, 5.74) is 3.56. The Labute approximate surface area is 156 Å². The van der Waals surface area contributed by atoms with Crippen LogP contribution in [0.4, 0.5) is 4.39 Å². The average Bonchev–Trinajstić information content (AvgIpc) is 3.24. The molecule has 0 unspecified atom stereocenters. The van der Waals surface area contributed by atoms with E-state index in [0.29, 0.717) is 18.8 Å². The number of carbonyl (C=O) groups is 1. The largest absolute Gasteiger partial charge is 0.454 e. The Bertz CT molecular complexity index is 1010. The lowest BCUT2D eigenvalue weighted by Gasteiger charge is -2.21. The van der Waals surface area contributed by atoms with E-state index in [1.54, 1.807) is 11.0 Å². The predicted molar refractivity (Wildman–Crippen MR) is 100 cm³/mol. The van der Waals surface area contributed by atoms with E-state index in [1.807, 2.05) is 32.0 Å². The van der Waals surface area contributed by atoms with Gasteiger partial charge in [0, 0.05) is 29.7 Å². The van der Waals surface area contributed by atoms with Gasteiger partial charge >= 0.3 is 0 Å². The summed E-state index contributed by atoms with van der Waals surface area (Å²) in [5.74, 6) is 1.13. The number of aryl methyl sites for hydroxylation is 1. The van der Waals surface area contributed by atoms with Crippen LogP contribution < -0.4 is 9.47 Å². The molecular weight excluding hydrogens is 347 g/mol. The molecule has 1 amide bonds. The van der Waals surface area contributed by atoms with E-state index in [4.69, 9.17) is 9.47 Å². The number of H-pyrrole nitrogens is 1. The van der Waals surface area contributed by atoms with Gasteiger partial charge in [-0.3, -0.25) is 4.79 Å². The maximum atomic E-state index is 13.7. The average molecular weight is 368 g/mol. The van der Waals surface area contributed by atoms with Crippen LogP contribution in [0.5, 0.6) is 11.5 Å². The fraction of sp³-hybridized carbons (Fsp3) is 0.286. The number of benzene rings is 2. The molecule has 6 heteroatoms. The molecule has 2 aromatic carbocycles.